The van der Waals surface area contributed by atoms with E-state index in [0.717, 1.165) is 12.8 Å². The summed E-state index contributed by atoms with van der Waals surface area (Å²) in [5, 5.41) is 6.05. The predicted octanol–water partition coefficient (Wildman–Crippen LogP) is 2.17. The molecular weight excluding hydrogens is 252 g/mol. The molecule has 3 atom stereocenters. The summed E-state index contributed by atoms with van der Waals surface area (Å²) in [7, 11) is 0. The molecule has 2 amide bonds. The molecule has 3 unspecified atom stereocenters. The van der Waals surface area contributed by atoms with Gasteiger partial charge in [0, 0.05) is 11.6 Å². The van der Waals surface area contributed by atoms with Crippen LogP contribution in [0.15, 0.2) is 25.3 Å². The molecule has 0 heterocycles. The summed E-state index contributed by atoms with van der Waals surface area (Å²) in [6.07, 6.45) is 4.22. The van der Waals surface area contributed by atoms with Crippen molar-refractivity contribution in [2.24, 2.45) is 11.3 Å². The molecule has 2 N–H and O–H groups in total. The number of amides is 2. The highest BCUT2D eigenvalue weighted by Crippen LogP contribution is 2.45. The highest BCUT2D eigenvalue weighted by atomic mass is 16.2. The summed E-state index contributed by atoms with van der Waals surface area (Å²) in [4.78, 5) is 23.2. The Kier molecular flexibility index (Phi) is 4.79. The maximum Gasteiger partial charge on any atom is 0.243 e. The molecule has 1 saturated carbocycles. The molecule has 0 aliphatic heterocycles. The van der Waals surface area contributed by atoms with Gasteiger partial charge < -0.3 is 10.6 Å². The number of hydrogen-bond donors (Lipinski definition) is 2. The predicted molar refractivity (Wildman–Crippen MR) is 81.1 cm³/mol. The topological polar surface area (TPSA) is 58.2 Å². The molecule has 0 spiro atoms. The van der Waals surface area contributed by atoms with Gasteiger partial charge in [-0.15, -0.1) is 0 Å². The highest BCUT2D eigenvalue weighted by Gasteiger charge is 2.49. The van der Waals surface area contributed by atoms with Crippen LogP contribution in [0.2, 0.25) is 0 Å². The molecule has 4 nitrogen and oxygen atoms in total. The summed E-state index contributed by atoms with van der Waals surface area (Å²) in [5.74, 6) is -0.0141. The molecule has 0 aromatic heterocycles. The van der Waals surface area contributed by atoms with E-state index in [9.17, 15) is 9.59 Å². The third-order valence-corrected chi connectivity index (χ3v) is 4.74. The van der Waals surface area contributed by atoms with E-state index in [1.54, 1.807) is 0 Å². The monoisotopic (exact) mass is 278 g/mol. The molecule has 1 fully saturated rings. The summed E-state index contributed by atoms with van der Waals surface area (Å²) in [5.41, 5.74) is -0.440. The molecule has 0 bridgehead atoms. The van der Waals surface area contributed by atoms with Crippen molar-refractivity contribution < 1.29 is 9.59 Å². The van der Waals surface area contributed by atoms with Crippen LogP contribution in [0.4, 0.5) is 0 Å². The maximum atomic E-state index is 11.7. The van der Waals surface area contributed by atoms with Gasteiger partial charge >= 0.3 is 0 Å². The number of nitrogens with one attached hydrogen (secondary N) is 2. The largest absolute Gasteiger partial charge is 0.350 e. The Morgan fingerprint density at radius 1 is 1.10 bits per heavy atom. The fourth-order valence-corrected chi connectivity index (χ4v) is 3.02. The Morgan fingerprint density at radius 3 is 2.15 bits per heavy atom. The van der Waals surface area contributed by atoms with Gasteiger partial charge in [0.25, 0.3) is 0 Å². The standard InChI is InChI=1S/C16H26N2O2/c1-7-13(19)17-12-10-15(4,5)16(6,9-11(12)3)18-14(20)8-2/h7-8,11-12H,1-2,9-10H2,3-6H3,(H,17,19)(H,18,20). The van der Waals surface area contributed by atoms with Crippen LogP contribution in [0.25, 0.3) is 0 Å². The Bertz CT molecular complexity index is 428. The second-order valence-corrected chi connectivity index (χ2v) is 6.61. The zero-order valence-electron chi connectivity index (χ0n) is 13.0. The van der Waals surface area contributed by atoms with E-state index in [0.29, 0.717) is 0 Å². The van der Waals surface area contributed by atoms with Crippen LogP contribution in [0.1, 0.15) is 40.5 Å². The van der Waals surface area contributed by atoms with Crippen LogP contribution >= 0.6 is 0 Å². The van der Waals surface area contributed by atoms with Crippen LogP contribution < -0.4 is 10.6 Å². The Labute approximate surface area is 121 Å². The summed E-state index contributed by atoms with van der Waals surface area (Å²) in [6, 6.07) is 0.101. The number of rotatable bonds is 4. The molecule has 0 aromatic carbocycles. The van der Waals surface area contributed by atoms with Crippen LogP contribution in [0.5, 0.6) is 0 Å². The fourth-order valence-electron chi connectivity index (χ4n) is 3.02. The number of carbonyl (C=O) groups is 2. The maximum absolute atomic E-state index is 11.7. The molecule has 4 heteroatoms. The van der Waals surface area contributed by atoms with Gasteiger partial charge in [-0.1, -0.05) is 33.9 Å². The smallest absolute Gasteiger partial charge is 0.243 e. The van der Waals surface area contributed by atoms with E-state index < -0.39 is 0 Å². The van der Waals surface area contributed by atoms with Gasteiger partial charge in [0.1, 0.15) is 0 Å². The molecule has 1 aliphatic rings. The Balaban J connectivity index is 2.90. The first-order valence-corrected chi connectivity index (χ1v) is 7.03. The third kappa shape index (κ3) is 3.30. The van der Waals surface area contributed by atoms with E-state index in [4.69, 9.17) is 0 Å². The van der Waals surface area contributed by atoms with E-state index in [-0.39, 0.29) is 34.7 Å². The van der Waals surface area contributed by atoms with Crippen molar-refractivity contribution in [2.75, 3.05) is 0 Å². The average molecular weight is 278 g/mol. The minimum absolute atomic E-state index is 0.101. The minimum Gasteiger partial charge on any atom is -0.350 e. The van der Waals surface area contributed by atoms with E-state index >= 15 is 0 Å². The van der Waals surface area contributed by atoms with Gasteiger partial charge in [-0.2, -0.15) is 0 Å². The number of carbonyl (C=O) groups excluding carboxylic acids is 2. The van der Waals surface area contributed by atoms with Crippen molar-refractivity contribution in [2.45, 2.75) is 52.1 Å². The first-order valence-electron chi connectivity index (χ1n) is 7.03. The van der Waals surface area contributed by atoms with E-state index in [2.05, 4.69) is 51.5 Å². The highest BCUT2D eigenvalue weighted by molar-refractivity contribution is 5.88. The zero-order valence-corrected chi connectivity index (χ0v) is 13.0. The fraction of sp³-hybridized carbons (Fsp3) is 0.625. The van der Waals surface area contributed by atoms with Gasteiger partial charge in [-0.25, -0.2) is 0 Å². The molecule has 112 valence electrons. The minimum atomic E-state index is -0.312. The molecule has 0 saturated heterocycles. The molecular formula is C16H26N2O2. The third-order valence-electron chi connectivity index (χ3n) is 4.74. The molecule has 1 aliphatic carbocycles. The second kappa shape index (κ2) is 5.81. The van der Waals surface area contributed by atoms with Crippen molar-refractivity contribution in [3.8, 4) is 0 Å². The van der Waals surface area contributed by atoms with Gasteiger partial charge in [0.15, 0.2) is 0 Å². The first kappa shape index (κ1) is 16.5. The molecule has 0 aromatic rings. The molecule has 0 radical (unpaired) electrons. The second-order valence-electron chi connectivity index (χ2n) is 6.61. The lowest BCUT2D eigenvalue weighted by Crippen LogP contribution is -2.63. The van der Waals surface area contributed by atoms with Crippen LogP contribution in [0.3, 0.4) is 0 Å². The summed E-state index contributed by atoms with van der Waals surface area (Å²) >= 11 is 0. The lowest BCUT2D eigenvalue weighted by atomic mass is 9.59. The summed E-state index contributed by atoms with van der Waals surface area (Å²) in [6.45, 7) is 15.4. The van der Waals surface area contributed by atoms with E-state index in [1.807, 2.05) is 0 Å². The van der Waals surface area contributed by atoms with Crippen molar-refractivity contribution in [1.29, 1.82) is 0 Å². The molecule has 1 rings (SSSR count). The van der Waals surface area contributed by atoms with Crippen molar-refractivity contribution >= 4 is 11.8 Å². The van der Waals surface area contributed by atoms with Crippen LogP contribution in [-0.4, -0.2) is 23.4 Å². The van der Waals surface area contributed by atoms with E-state index in [1.165, 1.54) is 12.2 Å². The molecule has 20 heavy (non-hydrogen) atoms. The number of hydrogen-bond acceptors (Lipinski definition) is 2. The Hall–Kier alpha value is -1.58. The lowest BCUT2D eigenvalue weighted by Gasteiger charge is -2.53. The van der Waals surface area contributed by atoms with Crippen LogP contribution in [0, 0.1) is 11.3 Å². The van der Waals surface area contributed by atoms with Gasteiger partial charge in [0.05, 0.1) is 0 Å². The van der Waals surface area contributed by atoms with Crippen molar-refractivity contribution in [3.63, 3.8) is 0 Å². The normalized spacial score (nSPS) is 32.0. The Morgan fingerprint density at radius 2 is 1.65 bits per heavy atom. The van der Waals surface area contributed by atoms with Crippen LogP contribution in [-0.2, 0) is 9.59 Å². The van der Waals surface area contributed by atoms with Gasteiger partial charge in [-0.05, 0) is 43.3 Å². The first-order chi connectivity index (χ1) is 9.15. The van der Waals surface area contributed by atoms with Crippen molar-refractivity contribution in [1.82, 2.24) is 10.6 Å². The SMILES string of the molecule is C=CC(=O)NC1CC(C)(C)C(C)(NC(=O)C=C)CC1C. The van der Waals surface area contributed by atoms with Gasteiger partial charge in [0.2, 0.25) is 11.8 Å². The summed E-state index contributed by atoms with van der Waals surface area (Å²) < 4.78 is 0. The van der Waals surface area contributed by atoms with Crippen molar-refractivity contribution in [3.05, 3.63) is 25.3 Å². The lowest BCUT2D eigenvalue weighted by molar-refractivity contribution is -0.123. The van der Waals surface area contributed by atoms with Gasteiger partial charge in [-0.3, -0.25) is 9.59 Å². The average Bonchev–Trinajstić information content (AvgIpc) is 2.35. The zero-order chi connectivity index (χ0) is 15.6. The quantitative estimate of drug-likeness (QED) is 0.774.